The molecule has 0 unspecified atom stereocenters. The van der Waals surface area contributed by atoms with Gasteiger partial charge in [0.05, 0.1) is 5.69 Å². The summed E-state index contributed by atoms with van der Waals surface area (Å²) in [6.07, 6.45) is 1.51. The van der Waals surface area contributed by atoms with Gasteiger partial charge in [0.1, 0.15) is 10.9 Å². The second-order valence-corrected chi connectivity index (χ2v) is 3.85. The Morgan fingerprint density at radius 1 is 1.21 bits per heavy atom. The van der Waals surface area contributed by atoms with E-state index in [0.29, 0.717) is 0 Å². The average molecular weight is 253 g/mol. The van der Waals surface area contributed by atoms with Crippen LogP contribution in [0, 0.1) is 13.8 Å². The molecule has 5 heteroatoms. The van der Waals surface area contributed by atoms with Gasteiger partial charge in [0, 0.05) is 11.8 Å². The topological polar surface area (TPSA) is 43.6 Å². The van der Waals surface area contributed by atoms with Gasteiger partial charge in [-0.05, 0) is 35.8 Å². The van der Waals surface area contributed by atoms with Crippen LogP contribution < -0.4 is 0 Å². The Kier molecular flexibility index (Phi) is 2.33. The number of hydrogen-bond acceptors (Lipinski definition) is 3. The van der Waals surface area contributed by atoms with Crippen molar-refractivity contribution in [3.05, 3.63) is 34.5 Å². The van der Waals surface area contributed by atoms with Crippen LogP contribution in [0.15, 0.2) is 23.1 Å². The lowest BCUT2D eigenvalue weighted by atomic mass is 10.4. The van der Waals surface area contributed by atoms with E-state index in [-0.39, 0.29) is 0 Å². The van der Waals surface area contributed by atoms with Crippen LogP contribution in [0.1, 0.15) is 11.4 Å². The van der Waals surface area contributed by atoms with Crippen LogP contribution in [0.2, 0.25) is 0 Å². The Bertz CT molecular complexity index is 464. The number of aromatic nitrogens is 4. The van der Waals surface area contributed by atoms with Gasteiger partial charge in [-0.25, -0.2) is 14.6 Å². The molecule has 0 amide bonds. The van der Waals surface area contributed by atoms with Crippen molar-refractivity contribution in [1.82, 2.24) is 19.7 Å². The van der Waals surface area contributed by atoms with E-state index in [9.17, 15) is 0 Å². The van der Waals surface area contributed by atoms with Crippen LogP contribution in [0.3, 0.4) is 0 Å². The van der Waals surface area contributed by atoms with E-state index in [1.165, 1.54) is 6.33 Å². The summed E-state index contributed by atoms with van der Waals surface area (Å²) in [4.78, 5) is 8.11. The third kappa shape index (κ3) is 1.68. The SMILES string of the molecule is Cc1cc(C)n(-c2cc(Br)ncn2)n1. The minimum absolute atomic E-state index is 0.759. The fraction of sp³-hybridized carbons (Fsp3) is 0.222. The molecule has 0 aliphatic heterocycles. The molecule has 0 fully saturated rings. The highest BCUT2D eigenvalue weighted by Crippen LogP contribution is 2.12. The number of nitrogens with zero attached hydrogens (tertiary/aromatic N) is 4. The maximum Gasteiger partial charge on any atom is 0.158 e. The Labute approximate surface area is 90.1 Å². The summed E-state index contributed by atoms with van der Waals surface area (Å²) in [6, 6.07) is 3.84. The first-order valence-corrected chi connectivity index (χ1v) is 4.97. The summed E-state index contributed by atoms with van der Waals surface area (Å²) in [6.45, 7) is 3.95. The number of halogens is 1. The molecule has 0 spiro atoms. The molecule has 0 aliphatic rings. The highest BCUT2D eigenvalue weighted by molar-refractivity contribution is 9.10. The summed E-state index contributed by atoms with van der Waals surface area (Å²) < 4.78 is 2.55. The van der Waals surface area contributed by atoms with E-state index < -0.39 is 0 Å². The molecular formula is C9H9BrN4. The Morgan fingerprint density at radius 3 is 2.57 bits per heavy atom. The molecule has 0 atom stereocenters. The molecule has 2 rings (SSSR count). The zero-order valence-corrected chi connectivity index (χ0v) is 9.48. The van der Waals surface area contributed by atoms with Crippen molar-refractivity contribution >= 4 is 15.9 Å². The van der Waals surface area contributed by atoms with Gasteiger partial charge in [-0.2, -0.15) is 5.10 Å². The van der Waals surface area contributed by atoms with Gasteiger partial charge < -0.3 is 0 Å². The number of hydrogen-bond donors (Lipinski definition) is 0. The summed E-state index contributed by atoms with van der Waals surface area (Å²) >= 11 is 3.30. The summed E-state index contributed by atoms with van der Waals surface area (Å²) in [5, 5.41) is 4.33. The maximum absolute atomic E-state index is 4.33. The fourth-order valence-corrected chi connectivity index (χ4v) is 1.60. The number of rotatable bonds is 1. The Balaban J connectivity index is 2.54. The molecule has 14 heavy (non-hydrogen) atoms. The highest BCUT2D eigenvalue weighted by Gasteiger charge is 2.04. The van der Waals surface area contributed by atoms with Crippen LogP contribution in [0.4, 0.5) is 0 Å². The van der Waals surface area contributed by atoms with Gasteiger partial charge in [0.25, 0.3) is 0 Å². The summed E-state index contributed by atoms with van der Waals surface area (Å²) in [7, 11) is 0. The molecule has 2 aromatic rings. The maximum atomic E-state index is 4.33. The van der Waals surface area contributed by atoms with Crippen molar-refractivity contribution in [3.8, 4) is 5.82 Å². The first kappa shape index (κ1) is 9.33. The van der Waals surface area contributed by atoms with Gasteiger partial charge in [-0.15, -0.1) is 0 Å². The zero-order chi connectivity index (χ0) is 10.1. The summed E-state index contributed by atoms with van der Waals surface area (Å²) in [5.41, 5.74) is 2.05. The van der Waals surface area contributed by atoms with Crippen LogP contribution >= 0.6 is 15.9 Å². The zero-order valence-electron chi connectivity index (χ0n) is 7.90. The van der Waals surface area contributed by atoms with Gasteiger partial charge in [0.15, 0.2) is 5.82 Å². The molecule has 0 N–H and O–H groups in total. The van der Waals surface area contributed by atoms with E-state index in [1.807, 2.05) is 26.0 Å². The van der Waals surface area contributed by atoms with E-state index in [2.05, 4.69) is 31.0 Å². The minimum Gasteiger partial charge on any atom is -0.229 e. The molecule has 0 radical (unpaired) electrons. The third-order valence-corrected chi connectivity index (χ3v) is 2.28. The molecule has 0 bridgehead atoms. The molecule has 2 heterocycles. The molecule has 0 saturated carbocycles. The van der Waals surface area contributed by atoms with Gasteiger partial charge in [0.2, 0.25) is 0 Å². The largest absolute Gasteiger partial charge is 0.229 e. The molecule has 0 saturated heterocycles. The van der Waals surface area contributed by atoms with Crippen molar-refractivity contribution in [3.63, 3.8) is 0 Å². The van der Waals surface area contributed by atoms with Crippen LogP contribution in [-0.4, -0.2) is 19.7 Å². The van der Waals surface area contributed by atoms with Crippen molar-refractivity contribution < 1.29 is 0 Å². The van der Waals surface area contributed by atoms with Crippen molar-refractivity contribution in [1.29, 1.82) is 0 Å². The average Bonchev–Trinajstić information content (AvgIpc) is 2.45. The smallest absolute Gasteiger partial charge is 0.158 e. The third-order valence-electron chi connectivity index (χ3n) is 1.85. The van der Waals surface area contributed by atoms with Crippen molar-refractivity contribution in [2.45, 2.75) is 13.8 Å². The van der Waals surface area contributed by atoms with Gasteiger partial charge in [-0.1, -0.05) is 0 Å². The predicted molar refractivity (Wildman–Crippen MR) is 56.3 cm³/mol. The van der Waals surface area contributed by atoms with Crippen molar-refractivity contribution in [2.24, 2.45) is 0 Å². The quantitative estimate of drug-likeness (QED) is 0.730. The monoisotopic (exact) mass is 252 g/mol. The minimum atomic E-state index is 0.759. The van der Waals surface area contributed by atoms with Gasteiger partial charge >= 0.3 is 0 Å². The van der Waals surface area contributed by atoms with Crippen molar-refractivity contribution in [2.75, 3.05) is 0 Å². The van der Waals surface area contributed by atoms with E-state index >= 15 is 0 Å². The highest BCUT2D eigenvalue weighted by atomic mass is 79.9. The first-order valence-electron chi connectivity index (χ1n) is 4.18. The van der Waals surface area contributed by atoms with Gasteiger partial charge in [-0.3, -0.25) is 0 Å². The molecule has 4 nitrogen and oxygen atoms in total. The molecule has 2 aromatic heterocycles. The standard InChI is InChI=1S/C9H9BrN4/c1-6-3-7(2)14(13-6)9-4-8(10)11-5-12-9/h3-5H,1-2H3. The first-order chi connectivity index (χ1) is 6.66. The van der Waals surface area contributed by atoms with Crippen LogP contribution in [0.5, 0.6) is 0 Å². The molecule has 72 valence electrons. The second kappa shape index (κ2) is 3.49. The fourth-order valence-electron chi connectivity index (χ4n) is 1.30. The number of aryl methyl sites for hydroxylation is 2. The normalized spacial score (nSPS) is 10.5. The van der Waals surface area contributed by atoms with E-state index in [1.54, 1.807) is 4.68 Å². The van der Waals surface area contributed by atoms with E-state index in [4.69, 9.17) is 0 Å². The second-order valence-electron chi connectivity index (χ2n) is 3.04. The predicted octanol–water partition coefficient (Wildman–Crippen LogP) is 2.04. The van der Waals surface area contributed by atoms with Crippen LogP contribution in [0.25, 0.3) is 5.82 Å². The van der Waals surface area contributed by atoms with E-state index in [0.717, 1.165) is 21.8 Å². The lowest BCUT2D eigenvalue weighted by molar-refractivity contribution is 0.798. The molecule has 0 aromatic carbocycles. The Hall–Kier alpha value is -1.23. The Morgan fingerprint density at radius 2 is 2.00 bits per heavy atom. The molecular weight excluding hydrogens is 244 g/mol. The summed E-state index contributed by atoms with van der Waals surface area (Å²) in [5.74, 6) is 0.775. The lowest BCUT2D eigenvalue weighted by Crippen LogP contribution is -2.02. The lowest BCUT2D eigenvalue weighted by Gasteiger charge is -2.01. The van der Waals surface area contributed by atoms with Crippen LogP contribution in [-0.2, 0) is 0 Å². The molecule has 0 aliphatic carbocycles.